The van der Waals surface area contributed by atoms with E-state index in [9.17, 15) is 13.2 Å². The van der Waals surface area contributed by atoms with E-state index in [0.717, 1.165) is 6.07 Å². The van der Waals surface area contributed by atoms with Crippen molar-refractivity contribution in [3.05, 3.63) is 22.3 Å². The fraction of sp³-hybridized carbons (Fsp3) is 0.545. The molecular formula is C11H15BrF3N3O. The van der Waals surface area contributed by atoms with Gasteiger partial charge in [0.15, 0.2) is 0 Å². The zero-order valence-corrected chi connectivity index (χ0v) is 11.9. The zero-order chi connectivity index (χ0) is 14.5. The molecule has 1 atom stereocenters. The van der Waals surface area contributed by atoms with E-state index in [-0.39, 0.29) is 22.9 Å². The van der Waals surface area contributed by atoms with E-state index in [1.54, 1.807) is 0 Å². The molecule has 1 unspecified atom stereocenters. The van der Waals surface area contributed by atoms with Crippen molar-refractivity contribution in [2.24, 2.45) is 5.73 Å². The summed E-state index contributed by atoms with van der Waals surface area (Å²) in [6, 6.07) is 0.673. The summed E-state index contributed by atoms with van der Waals surface area (Å²) in [6.07, 6.45) is -2.67. The van der Waals surface area contributed by atoms with Crippen LogP contribution >= 0.6 is 15.9 Å². The van der Waals surface area contributed by atoms with Gasteiger partial charge >= 0.3 is 6.18 Å². The molecule has 4 nitrogen and oxygen atoms in total. The maximum Gasteiger partial charge on any atom is 0.419 e. The number of hydrogen-bond donors (Lipinski definition) is 2. The lowest BCUT2D eigenvalue weighted by molar-refractivity contribution is -0.137. The maximum atomic E-state index is 12.9. The van der Waals surface area contributed by atoms with Gasteiger partial charge in [-0.3, -0.25) is 0 Å². The molecule has 0 bridgehead atoms. The number of hydrogen-bond acceptors (Lipinski definition) is 4. The largest absolute Gasteiger partial charge is 0.419 e. The second-order valence-corrected chi connectivity index (χ2v) is 4.84. The van der Waals surface area contributed by atoms with Crippen LogP contribution in [0.1, 0.15) is 12.0 Å². The molecule has 0 radical (unpaired) electrons. The third-order valence-electron chi connectivity index (χ3n) is 2.38. The zero-order valence-electron chi connectivity index (χ0n) is 10.3. The topological polar surface area (TPSA) is 60.2 Å². The van der Waals surface area contributed by atoms with E-state index in [0.29, 0.717) is 13.0 Å². The average Bonchev–Trinajstić information content (AvgIpc) is 2.31. The van der Waals surface area contributed by atoms with Crippen LogP contribution in [0, 0.1) is 0 Å². The van der Waals surface area contributed by atoms with Gasteiger partial charge in [-0.15, -0.1) is 0 Å². The molecule has 1 heterocycles. The van der Waals surface area contributed by atoms with E-state index in [4.69, 9.17) is 10.5 Å². The number of rotatable bonds is 6. The first-order valence-electron chi connectivity index (χ1n) is 5.56. The van der Waals surface area contributed by atoms with Crippen molar-refractivity contribution < 1.29 is 17.9 Å². The van der Waals surface area contributed by atoms with Gasteiger partial charge in [-0.2, -0.15) is 13.2 Å². The van der Waals surface area contributed by atoms with Gasteiger partial charge in [-0.25, -0.2) is 4.98 Å². The molecule has 1 rings (SSSR count). The van der Waals surface area contributed by atoms with Gasteiger partial charge in [0.25, 0.3) is 0 Å². The molecular weight excluding hydrogens is 327 g/mol. The van der Waals surface area contributed by atoms with E-state index in [2.05, 4.69) is 26.2 Å². The Hall–Kier alpha value is -0.860. The minimum atomic E-state index is -4.47. The highest BCUT2D eigenvalue weighted by Crippen LogP contribution is 2.35. The van der Waals surface area contributed by atoms with Gasteiger partial charge in [-0.05, 0) is 35.0 Å². The molecule has 0 aromatic carbocycles. The van der Waals surface area contributed by atoms with E-state index < -0.39 is 11.7 Å². The minimum absolute atomic E-state index is 0.216. The molecule has 0 aliphatic heterocycles. The van der Waals surface area contributed by atoms with Crippen LogP contribution in [0.25, 0.3) is 0 Å². The molecule has 0 amide bonds. The van der Waals surface area contributed by atoms with Crippen LogP contribution in [0.2, 0.25) is 0 Å². The second-order valence-electron chi connectivity index (χ2n) is 3.92. The third kappa shape index (κ3) is 4.96. The summed E-state index contributed by atoms with van der Waals surface area (Å²) < 4.78 is 43.9. The van der Waals surface area contributed by atoms with Crippen molar-refractivity contribution in [2.75, 3.05) is 25.6 Å². The summed E-state index contributed by atoms with van der Waals surface area (Å²) in [5.41, 5.74) is 4.60. The normalized spacial score (nSPS) is 13.4. The summed E-state index contributed by atoms with van der Waals surface area (Å²) in [6.45, 7) is 0.602. The number of ether oxygens (including phenoxy) is 1. The number of aromatic nitrogens is 1. The van der Waals surface area contributed by atoms with Crippen LogP contribution in [0.3, 0.4) is 0 Å². The average molecular weight is 342 g/mol. The fourth-order valence-corrected chi connectivity index (χ4v) is 1.89. The van der Waals surface area contributed by atoms with Crippen molar-refractivity contribution in [3.63, 3.8) is 0 Å². The van der Waals surface area contributed by atoms with E-state index in [1.807, 2.05) is 0 Å². The molecule has 3 N–H and O–H groups in total. The van der Waals surface area contributed by atoms with Crippen molar-refractivity contribution >= 4 is 21.7 Å². The standard InChI is InChI=1S/C11H15BrF3N3O/c1-19-6-8(2-3-16)18-10-9(11(13,14)15)4-7(12)5-17-10/h4-5,8H,2-3,6,16H2,1H3,(H,17,18). The number of halogens is 4. The van der Waals surface area contributed by atoms with Crippen molar-refractivity contribution in [1.82, 2.24) is 4.98 Å². The van der Waals surface area contributed by atoms with Crippen LogP contribution < -0.4 is 11.1 Å². The number of pyridine rings is 1. The molecule has 108 valence electrons. The minimum Gasteiger partial charge on any atom is -0.383 e. The van der Waals surface area contributed by atoms with Crippen molar-refractivity contribution in [1.29, 1.82) is 0 Å². The Kier molecular flexibility index (Phi) is 6.02. The molecule has 0 aliphatic rings. The van der Waals surface area contributed by atoms with Crippen LogP contribution in [-0.4, -0.2) is 31.3 Å². The van der Waals surface area contributed by atoms with Gasteiger partial charge < -0.3 is 15.8 Å². The van der Waals surface area contributed by atoms with Gasteiger partial charge in [0.1, 0.15) is 5.82 Å². The Morgan fingerprint density at radius 3 is 2.74 bits per heavy atom. The van der Waals surface area contributed by atoms with E-state index >= 15 is 0 Å². The third-order valence-corrected chi connectivity index (χ3v) is 2.82. The molecule has 0 saturated carbocycles. The number of nitrogens with two attached hydrogens (primary N) is 1. The highest BCUT2D eigenvalue weighted by atomic mass is 79.9. The first-order valence-corrected chi connectivity index (χ1v) is 6.36. The number of nitrogens with one attached hydrogen (secondary N) is 1. The van der Waals surface area contributed by atoms with Gasteiger partial charge in [0.05, 0.1) is 18.2 Å². The predicted octanol–water partition coefficient (Wildman–Crippen LogP) is 2.64. The maximum absolute atomic E-state index is 12.9. The van der Waals surface area contributed by atoms with Crippen molar-refractivity contribution in [3.8, 4) is 0 Å². The smallest absolute Gasteiger partial charge is 0.383 e. The second kappa shape index (κ2) is 7.06. The molecule has 0 saturated heterocycles. The molecule has 1 aromatic rings. The van der Waals surface area contributed by atoms with Gasteiger partial charge in [-0.1, -0.05) is 0 Å². The lowest BCUT2D eigenvalue weighted by atomic mass is 10.2. The molecule has 0 fully saturated rings. The summed E-state index contributed by atoms with van der Waals surface area (Å²) >= 11 is 2.98. The Morgan fingerprint density at radius 2 is 2.21 bits per heavy atom. The van der Waals surface area contributed by atoms with Crippen LogP contribution in [0.5, 0.6) is 0 Å². The Balaban J connectivity index is 2.98. The number of nitrogens with zero attached hydrogens (tertiary/aromatic N) is 1. The van der Waals surface area contributed by atoms with Crippen LogP contribution in [0.4, 0.5) is 19.0 Å². The highest BCUT2D eigenvalue weighted by molar-refractivity contribution is 9.10. The summed E-state index contributed by atoms with van der Waals surface area (Å²) in [4.78, 5) is 3.77. The Labute approximate surface area is 117 Å². The first kappa shape index (κ1) is 16.2. The molecule has 0 aliphatic carbocycles. The number of methoxy groups -OCH3 is 1. The fourth-order valence-electron chi connectivity index (χ4n) is 1.56. The Bertz CT molecular complexity index is 409. The Morgan fingerprint density at radius 1 is 1.53 bits per heavy atom. The number of anilines is 1. The summed E-state index contributed by atoms with van der Waals surface area (Å²) in [5.74, 6) is -0.216. The summed E-state index contributed by atoms with van der Waals surface area (Å²) in [7, 11) is 1.48. The van der Waals surface area contributed by atoms with Gasteiger partial charge in [0, 0.05) is 17.8 Å². The molecule has 0 spiro atoms. The molecule has 1 aromatic heterocycles. The van der Waals surface area contributed by atoms with Crippen molar-refractivity contribution in [2.45, 2.75) is 18.6 Å². The first-order chi connectivity index (χ1) is 8.88. The quantitative estimate of drug-likeness (QED) is 0.835. The highest BCUT2D eigenvalue weighted by Gasteiger charge is 2.35. The van der Waals surface area contributed by atoms with Crippen LogP contribution in [-0.2, 0) is 10.9 Å². The number of alkyl halides is 3. The molecule has 19 heavy (non-hydrogen) atoms. The SMILES string of the molecule is COCC(CCN)Nc1ncc(Br)cc1C(F)(F)F. The lowest BCUT2D eigenvalue weighted by Gasteiger charge is -2.20. The van der Waals surface area contributed by atoms with E-state index in [1.165, 1.54) is 13.3 Å². The summed E-state index contributed by atoms with van der Waals surface area (Å²) in [5, 5.41) is 2.73. The lowest BCUT2D eigenvalue weighted by Crippen LogP contribution is -2.29. The van der Waals surface area contributed by atoms with Crippen LogP contribution in [0.15, 0.2) is 16.7 Å². The van der Waals surface area contributed by atoms with Gasteiger partial charge in [0.2, 0.25) is 0 Å². The predicted molar refractivity (Wildman–Crippen MR) is 69.9 cm³/mol. The molecule has 8 heteroatoms. The monoisotopic (exact) mass is 341 g/mol.